The van der Waals surface area contributed by atoms with Gasteiger partial charge in [-0.05, 0) is 37.9 Å². The van der Waals surface area contributed by atoms with E-state index in [1.807, 2.05) is 0 Å². The zero-order chi connectivity index (χ0) is 9.03. The summed E-state index contributed by atoms with van der Waals surface area (Å²) in [4.78, 5) is 2.55. The molecule has 12 heavy (non-hydrogen) atoms. The van der Waals surface area contributed by atoms with Gasteiger partial charge in [-0.2, -0.15) is 0 Å². The van der Waals surface area contributed by atoms with Crippen LogP contribution in [0.2, 0.25) is 0 Å². The first-order chi connectivity index (χ1) is 5.64. The van der Waals surface area contributed by atoms with Crippen LogP contribution in [0.4, 0.5) is 0 Å². The van der Waals surface area contributed by atoms with Gasteiger partial charge in [0.15, 0.2) is 0 Å². The van der Waals surface area contributed by atoms with E-state index in [2.05, 4.69) is 18.7 Å². The molecule has 1 saturated heterocycles. The van der Waals surface area contributed by atoms with Crippen LogP contribution in [0.5, 0.6) is 0 Å². The van der Waals surface area contributed by atoms with E-state index in [1.54, 1.807) is 0 Å². The lowest BCUT2D eigenvalue weighted by Crippen LogP contribution is -2.41. The van der Waals surface area contributed by atoms with Gasteiger partial charge in [-0.25, -0.2) is 0 Å². The van der Waals surface area contributed by atoms with Crippen molar-refractivity contribution in [2.75, 3.05) is 26.2 Å². The van der Waals surface area contributed by atoms with Gasteiger partial charge in [0.2, 0.25) is 0 Å². The third-order valence-corrected chi connectivity index (χ3v) is 2.65. The van der Waals surface area contributed by atoms with Crippen molar-refractivity contribution in [2.45, 2.75) is 33.1 Å². The number of rotatable bonds is 3. The van der Waals surface area contributed by atoms with E-state index in [4.69, 9.17) is 5.73 Å². The maximum atomic E-state index is 5.70. The molecule has 2 N–H and O–H groups in total. The minimum atomic E-state index is 0.303. The van der Waals surface area contributed by atoms with Gasteiger partial charge in [0, 0.05) is 6.54 Å². The van der Waals surface area contributed by atoms with Crippen LogP contribution in [0.3, 0.4) is 0 Å². The second kappa shape index (κ2) is 4.24. The Kier molecular flexibility index (Phi) is 3.53. The van der Waals surface area contributed by atoms with Crippen molar-refractivity contribution in [1.29, 1.82) is 0 Å². The average molecular weight is 170 g/mol. The second-order valence-electron chi connectivity index (χ2n) is 4.71. The minimum Gasteiger partial charge on any atom is -0.330 e. The van der Waals surface area contributed by atoms with E-state index < -0.39 is 0 Å². The highest BCUT2D eigenvalue weighted by atomic mass is 15.1. The molecule has 0 radical (unpaired) electrons. The topological polar surface area (TPSA) is 29.3 Å². The molecular formula is C10H22N2. The van der Waals surface area contributed by atoms with Gasteiger partial charge in [0.1, 0.15) is 0 Å². The Labute approximate surface area is 76.1 Å². The van der Waals surface area contributed by atoms with E-state index in [0.29, 0.717) is 5.41 Å². The quantitative estimate of drug-likeness (QED) is 0.695. The summed E-state index contributed by atoms with van der Waals surface area (Å²) < 4.78 is 0. The van der Waals surface area contributed by atoms with Crippen molar-refractivity contribution in [2.24, 2.45) is 11.1 Å². The van der Waals surface area contributed by atoms with Crippen LogP contribution in [-0.4, -0.2) is 31.1 Å². The SMILES string of the molecule is CC(C)(CN)CN1CCCCC1. The van der Waals surface area contributed by atoms with Crippen molar-refractivity contribution >= 4 is 0 Å². The Morgan fingerprint density at radius 2 is 1.75 bits per heavy atom. The molecule has 1 fully saturated rings. The van der Waals surface area contributed by atoms with E-state index in [0.717, 1.165) is 6.54 Å². The molecule has 0 aliphatic carbocycles. The highest BCUT2D eigenvalue weighted by molar-refractivity contribution is 4.76. The Balaban J connectivity index is 2.28. The van der Waals surface area contributed by atoms with Crippen LogP contribution in [0.25, 0.3) is 0 Å². The summed E-state index contributed by atoms with van der Waals surface area (Å²) in [6.07, 6.45) is 4.17. The first-order valence-corrected chi connectivity index (χ1v) is 5.06. The first-order valence-electron chi connectivity index (χ1n) is 5.06. The molecule has 0 aromatic carbocycles. The normalized spacial score (nSPS) is 21.2. The van der Waals surface area contributed by atoms with Gasteiger partial charge in [0.05, 0.1) is 0 Å². The van der Waals surface area contributed by atoms with Crippen molar-refractivity contribution in [3.05, 3.63) is 0 Å². The third kappa shape index (κ3) is 3.11. The Morgan fingerprint density at radius 3 is 2.25 bits per heavy atom. The molecule has 0 aromatic heterocycles. The lowest BCUT2D eigenvalue weighted by Gasteiger charge is -2.34. The molecule has 1 aliphatic rings. The van der Waals surface area contributed by atoms with Crippen LogP contribution < -0.4 is 5.73 Å². The van der Waals surface area contributed by atoms with Crippen LogP contribution in [0.15, 0.2) is 0 Å². The summed E-state index contributed by atoms with van der Waals surface area (Å²) in [5.41, 5.74) is 6.00. The number of hydrogen-bond acceptors (Lipinski definition) is 2. The van der Waals surface area contributed by atoms with Gasteiger partial charge in [-0.15, -0.1) is 0 Å². The molecule has 0 atom stereocenters. The summed E-state index contributed by atoms with van der Waals surface area (Å²) >= 11 is 0. The van der Waals surface area contributed by atoms with Gasteiger partial charge in [-0.3, -0.25) is 0 Å². The largest absolute Gasteiger partial charge is 0.330 e. The molecule has 0 amide bonds. The second-order valence-corrected chi connectivity index (χ2v) is 4.71. The van der Waals surface area contributed by atoms with Crippen LogP contribution in [0.1, 0.15) is 33.1 Å². The van der Waals surface area contributed by atoms with Gasteiger partial charge >= 0.3 is 0 Å². The van der Waals surface area contributed by atoms with Crippen molar-refractivity contribution in [3.8, 4) is 0 Å². The zero-order valence-corrected chi connectivity index (χ0v) is 8.47. The summed E-state index contributed by atoms with van der Waals surface area (Å²) in [6, 6.07) is 0. The van der Waals surface area contributed by atoms with Gasteiger partial charge in [0.25, 0.3) is 0 Å². The van der Waals surface area contributed by atoms with Gasteiger partial charge < -0.3 is 10.6 Å². The fourth-order valence-corrected chi connectivity index (χ4v) is 1.79. The van der Waals surface area contributed by atoms with Crippen molar-refractivity contribution < 1.29 is 0 Å². The molecule has 0 bridgehead atoms. The zero-order valence-electron chi connectivity index (χ0n) is 8.47. The Hall–Kier alpha value is -0.0800. The molecule has 0 unspecified atom stereocenters. The number of nitrogens with zero attached hydrogens (tertiary/aromatic N) is 1. The van der Waals surface area contributed by atoms with Crippen LogP contribution in [0, 0.1) is 5.41 Å². The monoisotopic (exact) mass is 170 g/mol. The molecule has 0 saturated carbocycles. The molecule has 0 aromatic rings. The maximum absolute atomic E-state index is 5.70. The maximum Gasteiger partial charge on any atom is 0.00447 e. The lowest BCUT2D eigenvalue weighted by molar-refractivity contribution is 0.157. The number of hydrogen-bond donors (Lipinski definition) is 1. The molecule has 2 nitrogen and oxygen atoms in total. The lowest BCUT2D eigenvalue weighted by atomic mass is 9.92. The van der Waals surface area contributed by atoms with E-state index in [1.165, 1.54) is 38.9 Å². The van der Waals surface area contributed by atoms with E-state index in [9.17, 15) is 0 Å². The predicted molar refractivity (Wildman–Crippen MR) is 53.1 cm³/mol. The number of nitrogens with two attached hydrogens (primary N) is 1. The Bertz CT molecular complexity index is 126. The molecular weight excluding hydrogens is 148 g/mol. The van der Waals surface area contributed by atoms with Crippen molar-refractivity contribution in [1.82, 2.24) is 4.90 Å². The highest BCUT2D eigenvalue weighted by Crippen LogP contribution is 2.18. The smallest absolute Gasteiger partial charge is 0.00447 e. The average Bonchev–Trinajstić information content (AvgIpc) is 2.06. The minimum absolute atomic E-state index is 0.303. The standard InChI is InChI=1S/C10H22N2/c1-10(2,8-11)9-12-6-4-3-5-7-12/h3-9,11H2,1-2H3. The third-order valence-electron chi connectivity index (χ3n) is 2.65. The van der Waals surface area contributed by atoms with E-state index >= 15 is 0 Å². The Morgan fingerprint density at radius 1 is 1.17 bits per heavy atom. The fourth-order valence-electron chi connectivity index (χ4n) is 1.79. The highest BCUT2D eigenvalue weighted by Gasteiger charge is 2.20. The molecule has 1 heterocycles. The number of likely N-dealkylation sites (tertiary alicyclic amines) is 1. The summed E-state index contributed by atoms with van der Waals surface area (Å²) in [5.74, 6) is 0. The first kappa shape index (κ1) is 10.0. The molecule has 0 spiro atoms. The number of piperidine rings is 1. The summed E-state index contributed by atoms with van der Waals surface area (Å²) in [7, 11) is 0. The van der Waals surface area contributed by atoms with Crippen LogP contribution >= 0.6 is 0 Å². The van der Waals surface area contributed by atoms with Crippen LogP contribution in [-0.2, 0) is 0 Å². The molecule has 1 rings (SSSR count). The molecule has 1 aliphatic heterocycles. The summed E-state index contributed by atoms with van der Waals surface area (Å²) in [5, 5.41) is 0. The molecule has 72 valence electrons. The summed E-state index contributed by atoms with van der Waals surface area (Å²) in [6.45, 7) is 9.03. The van der Waals surface area contributed by atoms with Gasteiger partial charge in [-0.1, -0.05) is 20.3 Å². The molecule has 2 heteroatoms. The van der Waals surface area contributed by atoms with Crippen molar-refractivity contribution in [3.63, 3.8) is 0 Å². The predicted octanol–water partition coefficient (Wildman–Crippen LogP) is 1.46. The van der Waals surface area contributed by atoms with E-state index in [-0.39, 0.29) is 0 Å². The fraction of sp³-hybridized carbons (Fsp3) is 1.00.